The number of carbonyl (C=O) groups is 1. The lowest BCUT2D eigenvalue weighted by molar-refractivity contribution is 0.146. The third kappa shape index (κ3) is 1.84. The zero-order valence-electron chi connectivity index (χ0n) is 10.6. The molecule has 3 rings (SSSR count). The molecule has 0 heterocycles. The van der Waals surface area contributed by atoms with Crippen LogP contribution in [-0.2, 0) is 0 Å². The van der Waals surface area contributed by atoms with Gasteiger partial charge in [-0.05, 0) is 68.1 Å². The van der Waals surface area contributed by atoms with E-state index in [0.29, 0.717) is 0 Å². The fourth-order valence-corrected chi connectivity index (χ4v) is 5.01. The van der Waals surface area contributed by atoms with Crippen molar-refractivity contribution in [3.05, 3.63) is 0 Å². The summed E-state index contributed by atoms with van der Waals surface area (Å²) in [5, 5.41) is 8.87. The van der Waals surface area contributed by atoms with E-state index in [0.717, 1.165) is 42.6 Å². The number of hydrogen-bond acceptors (Lipinski definition) is 1. The molecule has 5 atom stereocenters. The Bertz CT molecular complexity index is 317. The monoisotopic (exact) mass is 237 g/mol. The van der Waals surface area contributed by atoms with Gasteiger partial charge in [0.2, 0.25) is 0 Å². The van der Waals surface area contributed by atoms with Crippen molar-refractivity contribution in [3.8, 4) is 0 Å². The van der Waals surface area contributed by atoms with Gasteiger partial charge >= 0.3 is 6.09 Å². The topological polar surface area (TPSA) is 40.5 Å². The molecule has 0 aromatic rings. The highest BCUT2D eigenvalue weighted by Crippen LogP contribution is 2.61. The Morgan fingerprint density at radius 3 is 2.76 bits per heavy atom. The van der Waals surface area contributed by atoms with E-state index in [9.17, 15) is 4.79 Å². The number of fused-ring (bicyclic) bond motifs is 5. The molecule has 0 aromatic carbocycles. The van der Waals surface area contributed by atoms with Crippen molar-refractivity contribution in [1.82, 2.24) is 4.90 Å². The smallest absolute Gasteiger partial charge is 0.407 e. The van der Waals surface area contributed by atoms with Crippen LogP contribution in [0.5, 0.6) is 0 Å². The van der Waals surface area contributed by atoms with E-state index < -0.39 is 6.09 Å². The molecule has 2 bridgehead atoms. The van der Waals surface area contributed by atoms with Crippen molar-refractivity contribution >= 4 is 6.09 Å². The van der Waals surface area contributed by atoms with E-state index in [1.807, 2.05) is 0 Å². The molecule has 0 saturated heterocycles. The summed E-state index contributed by atoms with van der Waals surface area (Å²) in [6.07, 6.45) is 7.51. The van der Waals surface area contributed by atoms with Crippen LogP contribution in [0.1, 0.15) is 38.5 Å². The molecule has 3 nitrogen and oxygen atoms in total. The summed E-state index contributed by atoms with van der Waals surface area (Å²) in [6.45, 7) is 0.723. The maximum Gasteiger partial charge on any atom is 0.407 e. The Labute approximate surface area is 103 Å². The van der Waals surface area contributed by atoms with Crippen LogP contribution in [0.4, 0.5) is 4.79 Å². The van der Waals surface area contributed by atoms with Crippen molar-refractivity contribution in [2.45, 2.75) is 38.5 Å². The van der Waals surface area contributed by atoms with Crippen LogP contribution >= 0.6 is 0 Å². The average molecular weight is 237 g/mol. The molecule has 3 aliphatic rings. The zero-order chi connectivity index (χ0) is 12.0. The van der Waals surface area contributed by atoms with E-state index in [1.165, 1.54) is 37.0 Å². The van der Waals surface area contributed by atoms with Crippen LogP contribution < -0.4 is 0 Å². The van der Waals surface area contributed by atoms with Gasteiger partial charge < -0.3 is 10.0 Å². The highest BCUT2D eigenvalue weighted by atomic mass is 16.4. The largest absolute Gasteiger partial charge is 0.465 e. The number of rotatable bonds is 3. The lowest BCUT2D eigenvalue weighted by Crippen LogP contribution is -2.29. The fraction of sp³-hybridized carbons (Fsp3) is 0.929. The third-order valence-electron chi connectivity index (χ3n) is 5.73. The predicted molar refractivity (Wildman–Crippen MR) is 65.8 cm³/mol. The van der Waals surface area contributed by atoms with E-state index in [-0.39, 0.29) is 0 Å². The summed E-state index contributed by atoms with van der Waals surface area (Å²) < 4.78 is 0. The van der Waals surface area contributed by atoms with E-state index in [2.05, 4.69) is 0 Å². The Kier molecular flexibility index (Phi) is 2.80. The Morgan fingerprint density at radius 2 is 2.00 bits per heavy atom. The van der Waals surface area contributed by atoms with Crippen molar-refractivity contribution in [1.29, 1.82) is 0 Å². The second-order valence-corrected chi connectivity index (χ2v) is 6.40. The van der Waals surface area contributed by atoms with Crippen LogP contribution in [0.25, 0.3) is 0 Å². The van der Waals surface area contributed by atoms with Gasteiger partial charge in [0.15, 0.2) is 0 Å². The van der Waals surface area contributed by atoms with Crippen LogP contribution in [0.15, 0.2) is 0 Å². The molecule has 0 aromatic heterocycles. The van der Waals surface area contributed by atoms with Gasteiger partial charge in [0, 0.05) is 13.6 Å². The lowest BCUT2D eigenvalue weighted by Gasteiger charge is -2.29. The lowest BCUT2D eigenvalue weighted by atomic mass is 9.77. The maximum absolute atomic E-state index is 10.8. The molecule has 3 aliphatic carbocycles. The molecule has 3 fully saturated rings. The highest BCUT2D eigenvalue weighted by molar-refractivity contribution is 5.64. The van der Waals surface area contributed by atoms with Crippen LogP contribution in [0, 0.1) is 29.6 Å². The standard InChI is InChI=1S/C14H23NO2/c1-15(14(16)17)7-6-9-4-5-12-10-2-3-11(8-10)13(9)12/h9-13H,2-8H2,1H3,(H,16,17). The fourth-order valence-electron chi connectivity index (χ4n) is 5.01. The number of carboxylic acid groups (broad SMARTS) is 1. The number of amides is 1. The predicted octanol–water partition coefficient (Wildman–Crippen LogP) is 3.06. The molecule has 0 aliphatic heterocycles. The van der Waals surface area contributed by atoms with Crippen molar-refractivity contribution in [2.75, 3.05) is 13.6 Å². The normalized spacial score (nSPS) is 42.8. The molecule has 1 N–H and O–H groups in total. The summed E-state index contributed by atoms with van der Waals surface area (Å²) in [6, 6.07) is 0. The Hall–Kier alpha value is -0.730. The SMILES string of the molecule is CN(CCC1CCC2C3CCC(C3)C12)C(=O)O. The molecule has 3 heteroatoms. The molecular weight excluding hydrogens is 214 g/mol. The molecular formula is C14H23NO2. The van der Waals surface area contributed by atoms with E-state index in [4.69, 9.17) is 5.11 Å². The maximum atomic E-state index is 10.8. The summed E-state index contributed by atoms with van der Waals surface area (Å²) in [7, 11) is 1.69. The summed E-state index contributed by atoms with van der Waals surface area (Å²) >= 11 is 0. The summed E-state index contributed by atoms with van der Waals surface area (Å²) in [4.78, 5) is 12.2. The first-order valence-corrected chi connectivity index (χ1v) is 7.11. The molecule has 1 amide bonds. The van der Waals surface area contributed by atoms with Gasteiger partial charge in [-0.25, -0.2) is 4.79 Å². The van der Waals surface area contributed by atoms with Crippen LogP contribution in [0.2, 0.25) is 0 Å². The van der Waals surface area contributed by atoms with Gasteiger partial charge in [-0.2, -0.15) is 0 Å². The first kappa shape index (κ1) is 11.4. The van der Waals surface area contributed by atoms with Gasteiger partial charge in [-0.15, -0.1) is 0 Å². The average Bonchev–Trinajstić information content (AvgIpc) is 2.98. The molecule has 17 heavy (non-hydrogen) atoms. The molecule has 96 valence electrons. The quantitative estimate of drug-likeness (QED) is 0.819. The molecule has 0 spiro atoms. The van der Waals surface area contributed by atoms with Crippen molar-refractivity contribution in [3.63, 3.8) is 0 Å². The highest BCUT2D eigenvalue weighted by Gasteiger charge is 2.52. The second-order valence-electron chi connectivity index (χ2n) is 6.40. The Balaban J connectivity index is 1.57. The van der Waals surface area contributed by atoms with Crippen molar-refractivity contribution < 1.29 is 9.90 Å². The van der Waals surface area contributed by atoms with Gasteiger partial charge in [-0.1, -0.05) is 0 Å². The van der Waals surface area contributed by atoms with E-state index >= 15 is 0 Å². The minimum atomic E-state index is -0.785. The van der Waals surface area contributed by atoms with Gasteiger partial charge in [0.05, 0.1) is 0 Å². The van der Waals surface area contributed by atoms with Crippen molar-refractivity contribution in [2.24, 2.45) is 29.6 Å². The summed E-state index contributed by atoms with van der Waals surface area (Å²) in [5.74, 6) is 4.81. The third-order valence-corrected chi connectivity index (χ3v) is 5.73. The zero-order valence-corrected chi connectivity index (χ0v) is 10.6. The molecule has 0 radical (unpaired) electrons. The molecule has 5 unspecified atom stereocenters. The first-order valence-electron chi connectivity index (χ1n) is 7.11. The molecule has 3 saturated carbocycles. The van der Waals surface area contributed by atoms with Gasteiger partial charge in [0.1, 0.15) is 0 Å². The van der Waals surface area contributed by atoms with Gasteiger partial charge in [-0.3, -0.25) is 0 Å². The minimum Gasteiger partial charge on any atom is -0.465 e. The van der Waals surface area contributed by atoms with Crippen LogP contribution in [-0.4, -0.2) is 29.7 Å². The summed E-state index contributed by atoms with van der Waals surface area (Å²) in [5.41, 5.74) is 0. The number of hydrogen-bond donors (Lipinski definition) is 1. The van der Waals surface area contributed by atoms with Gasteiger partial charge in [0.25, 0.3) is 0 Å². The van der Waals surface area contributed by atoms with E-state index in [1.54, 1.807) is 7.05 Å². The Morgan fingerprint density at radius 1 is 1.24 bits per heavy atom. The van der Waals surface area contributed by atoms with Crippen LogP contribution in [0.3, 0.4) is 0 Å². The minimum absolute atomic E-state index is 0.723. The first-order chi connectivity index (χ1) is 8.16. The number of nitrogens with zero attached hydrogens (tertiary/aromatic N) is 1. The second kappa shape index (κ2) is 4.18.